The summed E-state index contributed by atoms with van der Waals surface area (Å²) in [6, 6.07) is 7.49. The molecule has 1 aromatic carbocycles. The number of benzene rings is 1. The Labute approximate surface area is 167 Å². The molecule has 0 aromatic heterocycles. The Bertz CT molecular complexity index is 741. The molecular weight excluding hydrogens is 445 g/mol. The minimum absolute atomic E-state index is 0.00478. The largest absolute Gasteiger partial charge is 0.497 e. The molecule has 6 heteroatoms. The second-order valence-corrected chi connectivity index (χ2v) is 7.95. The topological polar surface area (TPSA) is 55.8 Å². The van der Waals surface area contributed by atoms with Crippen LogP contribution in [0.4, 0.5) is 0 Å². The molecule has 0 bridgehead atoms. The fourth-order valence-corrected chi connectivity index (χ4v) is 4.99. The van der Waals surface area contributed by atoms with Gasteiger partial charge in [-0.1, -0.05) is 55.5 Å². The Morgan fingerprint density at radius 2 is 1.92 bits per heavy atom. The molecule has 5 nitrogen and oxygen atoms in total. The molecule has 3 rings (SSSR count). The summed E-state index contributed by atoms with van der Waals surface area (Å²) in [5.41, 5.74) is 2.37. The number of methoxy groups -OCH3 is 1. The van der Waals surface area contributed by atoms with Gasteiger partial charge >= 0.3 is 5.97 Å². The monoisotopic (exact) mass is 469 g/mol. The van der Waals surface area contributed by atoms with Gasteiger partial charge in [0.25, 0.3) is 0 Å². The van der Waals surface area contributed by atoms with Crippen LogP contribution in [-0.2, 0) is 20.9 Å². The maximum absolute atomic E-state index is 12.8. The highest BCUT2D eigenvalue weighted by atomic mass is 127. The molecule has 0 unspecified atom stereocenters. The molecule has 2 aliphatic heterocycles. The second kappa shape index (κ2) is 7.58. The SMILES string of the molecule is COc1ccc(COC(=O)C2=C(CI)[C@H](C)[C@@H]3[C@@H](C(C)C)C(=O)N23)cc1. The smallest absolute Gasteiger partial charge is 0.355 e. The maximum atomic E-state index is 12.8. The van der Waals surface area contributed by atoms with Crippen LogP contribution in [0.15, 0.2) is 35.5 Å². The first kappa shape index (κ1) is 19.2. The Morgan fingerprint density at radius 1 is 1.27 bits per heavy atom. The van der Waals surface area contributed by atoms with Crippen molar-refractivity contribution in [3.05, 3.63) is 41.1 Å². The summed E-state index contributed by atoms with van der Waals surface area (Å²) in [4.78, 5) is 27.1. The number of amides is 1. The fourth-order valence-electron chi connectivity index (χ4n) is 3.94. The van der Waals surface area contributed by atoms with Gasteiger partial charge in [-0.2, -0.15) is 0 Å². The summed E-state index contributed by atoms with van der Waals surface area (Å²) in [6.07, 6.45) is 0. The number of nitrogens with zero attached hydrogens (tertiary/aromatic N) is 1. The van der Waals surface area contributed by atoms with Crippen molar-refractivity contribution in [3.63, 3.8) is 0 Å². The third-order valence-corrected chi connectivity index (χ3v) is 6.20. The van der Waals surface area contributed by atoms with Gasteiger partial charge in [0.2, 0.25) is 5.91 Å². The standard InChI is InChI=1S/C20H24INO4/c1-11(2)16-17-12(3)15(9-21)18(22(17)19(16)23)20(24)26-10-13-5-7-14(25-4)8-6-13/h5-8,11-12,16-17H,9-10H2,1-4H3/t12-,16+,17+/m0/s1. The number of alkyl halides is 1. The lowest BCUT2D eigenvalue weighted by molar-refractivity contribution is -0.161. The molecule has 2 aliphatic rings. The van der Waals surface area contributed by atoms with Crippen molar-refractivity contribution in [3.8, 4) is 5.75 Å². The maximum Gasteiger partial charge on any atom is 0.355 e. The van der Waals surface area contributed by atoms with E-state index in [9.17, 15) is 9.59 Å². The number of esters is 1. The Morgan fingerprint density at radius 3 is 2.46 bits per heavy atom. The minimum Gasteiger partial charge on any atom is -0.497 e. The summed E-state index contributed by atoms with van der Waals surface area (Å²) < 4.78 is 11.4. The third-order valence-electron chi connectivity index (χ3n) is 5.38. The third kappa shape index (κ3) is 3.12. The quantitative estimate of drug-likeness (QED) is 0.277. The molecule has 1 amide bonds. The van der Waals surface area contributed by atoms with Crippen LogP contribution in [0.3, 0.4) is 0 Å². The van der Waals surface area contributed by atoms with Gasteiger partial charge in [-0.25, -0.2) is 4.79 Å². The highest BCUT2D eigenvalue weighted by Crippen LogP contribution is 2.49. The average molecular weight is 469 g/mol. The van der Waals surface area contributed by atoms with E-state index in [-0.39, 0.29) is 36.3 Å². The molecule has 0 saturated carbocycles. The van der Waals surface area contributed by atoms with E-state index in [2.05, 4.69) is 43.4 Å². The zero-order valence-electron chi connectivity index (χ0n) is 15.5. The van der Waals surface area contributed by atoms with Crippen molar-refractivity contribution >= 4 is 34.5 Å². The number of hydrogen-bond acceptors (Lipinski definition) is 4. The Hall–Kier alpha value is -1.57. The molecule has 2 heterocycles. The Balaban J connectivity index is 1.74. The molecule has 1 saturated heterocycles. The molecular formula is C20H24INO4. The number of carbonyl (C=O) groups excluding carboxylic acids is 2. The number of hydrogen-bond donors (Lipinski definition) is 0. The Kier molecular flexibility index (Phi) is 5.60. The summed E-state index contributed by atoms with van der Waals surface area (Å²) in [5.74, 6) is 0.866. The lowest BCUT2D eigenvalue weighted by atomic mass is 9.75. The zero-order chi connectivity index (χ0) is 19.0. The zero-order valence-corrected chi connectivity index (χ0v) is 17.6. The molecule has 140 valence electrons. The van der Waals surface area contributed by atoms with Gasteiger partial charge in [-0.3, -0.25) is 4.79 Å². The average Bonchev–Trinajstić information content (AvgIpc) is 2.88. The van der Waals surface area contributed by atoms with Gasteiger partial charge in [-0.05, 0) is 29.2 Å². The fraction of sp³-hybridized carbons (Fsp3) is 0.500. The van der Waals surface area contributed by atoms with E-state index in [4.69, 9.17) is 9.47 Å². The number of rotatable bonds is 6. The number of fused-ring (bicyclic) bond motifs is 1. The predicted octanol–water partition coefficient (Wildman–Crippen LogP) is 3.56. The van der Waals surface area contributed by atoms with Crippen LogP contribution in [-0.4, -0.2) is 34.4 Å². The molecule has 0 aliphatic carbocycles. The van der Waals surface area contributed by atoms with E-state index in [1.165, 1.54) is 0 Å². The van der Waals surface area contributed by atoms with Crippen molar-refractivity contribution in [2.24, 2.45) is 17.8 Å². The summed E-state index contributed by atoms with van der Waals surface area (Å²) in [5, 5.41) is 0. The van der Waals surface area contributed by atoms with Gasteiger partial charge in [0.1, 0.15) is 18.1 Å². The van der Waals surface area contributed by atoms with E-state index in [0.29, 0.717) is 5.70 Å². The van der Waals surface area contributed by atoms with Gasteiger partial charge in [0.05, 0.1) is 19.1 Å². The number of halogens is 1. The highest BCUT2D eigenvalue weighted by molar-refractivity contribution is 14.1. The van der Waals surface area contributed by atoms with Crippen LogP contribution in [0.25, 0.3) is 0 Å². The molecule has 0 radical (unpaired) electrons. The van der Waals surface area contributed by atoms with E-state index >= 15 is 0 Å². The minimum atomic E-state index is -0.405. The highest BCUT2D eigenvalue weighted by Gasteiger charge is 2.58. The number of ether oxygens (including phenoxy) is 2. The van der Waals surface area contributed by atoms with E-state index in [1.54, 1.807) is 12.0 Å². The van der Waals surface area contributed by atoms with Gasteiger partial charge in [-0.15, -0.1) is 0 Å². The van der Waals surface area contributed by atoms with Gasteiger partial charge < -0.3 is 14.4 Å². The van der Waals surface area contributed by atoms with Gasteiger partial charge in [0, 0.05) is 10.3 Å². The lowest BCUT2D eigenvalue weighted by Crippen LogP contribution is -2.62. The van der Waals surface area contributed by atoms with Gasteiger partial charge in [0.15, 0.2) is 0 Å². The summed E-state index contributed by atoms with van der Waals surface area (Å²) >= 11 is 2.26. The first-order valence-corrected chi connectivity index (χ1v) is 10.3. The van der Waals surface area contributed by atoms with E-state index in [0.717, 1.165) is 21.3 Å². The van der Waals surface area contributed by atoms with Crippen LogP contribution in [0, 0.1) is 17.8 Å². The number of carbonyl (C=O) groups is 2. The van der Waals surface area contributed by atoms with Crippen molar-refractivity contribution < 1.29 is 19.1 Å². The molecule has 1 fully saturated rings. The van der Waals surface area contributed by atoms with Crippen molar-refractivity contribution in [2.45, 2.75) is 33.4 Å². The molecule has 1 aromatic rings. The van der Waals surface area contributed by atoms with Crippen LogP contribution in [0.1, 0.15) is 26.3 Å². The molecule has 3 atom stereocenters. The number of β-lactam (4-membered cyclic amide) rings is 1. The van der Waals surface area contributed by atoms with Crippen molar-refractivity contribution in [1.29, 1.82) is 0 Å². The molecule has 0 N–H and O–H groups in total. The van der Waals surface area contributed by atoms with Crippen LogP contribution < -0.4 is 4.74 Å². The molecule has 26 heavy (non-hydrogen) atoms. The lowest BCUT2D eigenvalue weighted by Gasteiger charge is -2.47. The predicted molar refractivity (Wildman–Crippen MR) is 107 cm³/mol. The first-order valence-electron chi connectivity index (χ1n) is 8.82. The summed E-state index contributed by atoms with van der Waals surface area (Å²) in [6.45, 7) is 6.42. The van der Waals surface area contributed by atoms with Crippen molar-refractivity contribution in [2.75, 3.05) is 11.5 Å². The first-order chi connectivity index (χ1) is 12.4. The van der Waals surface area contributed by atoms with Crippen LogP contribution in [0.2, 0.25) is 0 Å². The van der Waals surface area contributed by atoms with Crippen LogP contribution in [0.5, 0.6) is 5.75 Å². The summed E-state index contributed by atoms with van der Waals surface area (Å²) in [7, 11) is 1.61. The van der Waals surface area contributed by atoms with Crippen LogP contribution >= 0.6 is 22.6 Å². The normalized spacial score (nSPS) is 24.6. The van der Waals surface area contributed by atoms with E-state index in [1.807, 2.05) is 24.3 Å². The second-order valence-electron chi connectivity index (χ2n) is 7.19. The van der Waals surface area contributed by atoms with Crippen molar-refractivity contribution in [1.82, 2.24) is 4.90 Å². The van der Waals surface area contributed by atoms with E-state index < -0.39 is 5.97 Å². The molecule has 0 spiro atoms.